The van der Waals surface area contributed by atoms with Crippen LogP contribution >= 0.6 is 0 Å². The number of nitrogens with zero attached hydrogens (tertiary/aromatic N) is 4. The molecule has 2 aromatic heterocycles. The van der Waals surface area contributed by atoms with Gasteiger partial charge in [-0.1, -0.05) is 19.0 Å². The van der Waals surface area contributed by atoms with Crippen molar-refractivity contribution in [2.45, 2.75) is 52.1 Å². The number of hydrogen-bond acceptors (Lipinski definition) is 6. The average molecular weight is 359 g/mol. The Hall–Kier alpha value is -2.22. The number of carbonyl (C=O) groups excluding carboxylic acids is 1. The quantitative estimate of drug-likeness (QED) is 0.898. The number of H-pyrrole nitrogens is 1. The predicted octanol–water partition coefficient (Wildman–Crippen LogP) is 2.08. The molecular weight excluding hydrogens is 334 g/mol. The fraction of sp³-hybridized carbons (Fsp3) is 0.667. The van der Waals surface area contributed by atoms with Crippen LogP contribution in [0.5, 0.6) is 0 Å². The molecule has 4 heterocycles. The van der Waals surface area contributed by atoms with Crippen molar-refractivity contribution in [1.29, 1.82) is 0 Å². The van der Waals surface area contributed by atoms with Gasteiger partial charge in [-0.3, -0.25) is 9.89 Å². The zero-order chi connectivity index (χ0) is 18.1. The van der Waals surface area contributed by atoms with Gasteiger partial charge in [-0.25, -0.2) is 0 Å². The number of carbonyl (C=O) groups is 1. The maximum Gasteiger partial charge on any atom is 0.274 e. The Balaban J connectivity index is 1.47. The summed E-state index contributed by atoms with van der Waals surface area (Å²) in [5.74, 6) is 1.92. The topological polar surface area (TPSA) is 97.1 Å². The van der Waals surface area contributed by atoms with E-state index < -0.39 is 0 Å². The molecule has 0 aliphatic carbocycles. The van der Waals surface area contributed by atoms with Crippen LogP contribution in [-0.4, -0.2) is 50.8 Å². The number of amides is 1. The minimum absolute atomic E-state index is 0.0420. The maximum atomic E-state index is 13.0. The van der Waals surface area contributed by atoms with Gasteiger partial charge in [0.05, 0.1) is 19.1 Å². The second-order valence-corrected chi connectivity index (χ2v) is 7.57. The third-order valence-corrected chi connectivity index (χ3v) is 5.03. The highest BCUT2D eigenvalue weighted by atomic mass is 16.5. The van der Waals surface area contributed by atoms with Crippen LogP contribution in [0.25, 0.3) is 0 Å². The van der Waals surface area contributed by atoms with Crippen LogP contribution in [0.1, 0.15) is 66.1 Å². The molecule has 1 N–H and O–H groups in total. The first kappa shape index (κ1) is 17.2. The van der Waals surface area contributed by atoms with Crippen molar-refractivity contribution in [2.75, 3.05) is 19.7 Å². The van der Waals surface area contributed by atoms with Crippen LogP contribution in [-0.2, 0) is 24.2 Å². The Bertz CT molecular complexity index is 782. The molecule has 2 aromatic rings. The molecule has 1 amide bonds. The second kappa shape index (κ2) is 7.19. The number of ether oxygens (including phenoxy) is 1. The van der Waals surface area contributed by atoms with Crippen molar-refractivity contribution in [2.24, 2.45) is 5.92 Å². The van der Waals surface area contributed by atoms with Gasteiger partial charge in [0.25, 0.3) is 5.91 Å². The highest BCUT2D eigenvalue weighted by Crippen LogP contribution is 2.28. The number of hydrogen-bond donors (Lipinski definition) is 1. The van der Waals surface area contributed by atoms with Gasteiger partial charge in [-0.05, 0) is 18.8 Å². The minimum Gasteiger partial charge on any atom is -0.376 e. The summed E-state index contributed by atoms with van der Waals surface area (Å²) in [4.78, 5) is 19.4. The van der Waals surface area contributed by atoms with Gasteiger partial charge < -0.3 is 14.2 Å². The number of nitrogens with one attached hydrogen (secondary N) is 1. The summed E-state index contributed by atoms with van der Waals surface area (Å²) in [5, 5.41) is 11.3. The van der Waals surface area contributed by atoms with E-state index in [0.717, 1.165) is 49.3 Å². The van der Waals surface area contributed by atoms with Crippen LogP contribution in [0.3, 0.4) is 0 Å². The average Bonchev–Trinajstić information content (AvgIpc) is 3.28. The number of fused-ring (bicyclic) bond motifs is 1. The molecular formula is C18H25N5O3. The molecule has 140 valence electrons. The Labute approximate surface area is 152 Å². The van der Waals surface area contributed by atoms with Crippen molar-refractivity contribution < 1.29 is 14.1 Å². The van der Waals surface area contributed by atoms with Gasteiger partial charge in [0.1, 0.15) is 0 Å². The van der Waals surface area contributed by atoms with E-state index in [9.17, 15) is 4.79 Å². The Morgan fingerprint density at radius 2 is 2.31 bits per heavy atom. The number of aromatic nitrogens is 4. The summed E-state index contributed by atoms with van der Waals surface area (Å²) in [6.45, 7) is 6.70. The smallest absolute Gasteiger partial charge is 0.274 e. The molecule has 26 heavy (non-hydrogen) atoms. The molecule has 8 nitrogen and oxygen atoms in total. The summed E-state index contributed by atoms with van der Waals surface area (Å²) < 4.78 is 11.0. The molecule has 2 aliphatic rings. The van der Waals surface area contributed by atoms with Gasteiger partial charge >= 0.3 is 0 Å². The van der Waals surface area contributed by atoms with Gasteiger partial charge in [0.2, 0.25) is 5.89 Å². The van der Waals surface area contributed by atoms with Crippen molar-refractivity contribution in [1.82, 2.24) is 25.2 Å². The first-order chi connectivity index (χ1) is 12.6. The molecule has 0 unspecified atom stereocenters. The van der Waals surface area contributed by atoms with Crippen LogP contribution in [0, 0.1) is 5.92 Å². The molecule has 1 saturated heterocycles. The van der Waals surface area contributed by atoms with E-state index >= 15 is 0 Å². The summed E-state index contributed by atoms with van der Waals surface area (Å²) >= 11 is 0. The number of likely N-dealkylation sites (tertiary alicyclic amines) is 1. The fourth-order valence-corrected chi connectivity index (χ4v) is 3.68. The lowest BCUT2D eigenvalue weighted by Crippen LogP contribution is -2.39. The molecule has 0 spiro atoms. The molecule has 0 radical (unpaired) electrons. The molecule has 0 bridgehead atoms. The summed E-state index contributed by atoms with van der Waals surface area (Å²) in [5.41, 5.74) is 2.41. The van der Waals surface area contributed by atoms with Crippen molar-refractivity contribution in [3.8, 4) is 0 Å². The molecule has 2 aliphatic heterocycles. The normalized spacial score (nSPS) is 20.4. The van der Waals surface area contributed by atoms with Crippen molar-refractivity contribution in [3.05, 3.63) is 28.7 Å². The molecule has 8 heteroatoms. The largest absolute Gasteiger partial charge is 0.376 e. The molecule has 0 saturated carbocycles. The van der Waals surface area contributed by atoms with Gasteiger partial charge in [0.15, 0.2) is 11.5 Å². The van der Waals surface area contributed by atoms with Crippen LogP contribution < -0.4 is 0 Å². The fourth-order valence-electron chi connectivity index (χ4n) is 3.68. The number of aromatic amines is 1. The van der Waals surface area contributed by atoms with E-state index in [2.05, 4.69) is 34.2 Å². The highest BCUT2D eigenvalue weighted by molar-refractivity contribution is 5.94. The SMILES string of the molecule is CC(C)Cc1noc([C@@H]2CCCN(C(=O)c3n[nH]c4c3COCC4)C2)n1. The minimum atomic E-state index is -0.0420. The predicted molar refractivity (Wildman–Crippen MR) is 92.7 cm³/mol. The van der Waals surface area contributed by atoms with Crippen LogP contribution in [0.2, 0.25) is 0 Å². The Kier molecular flexibility index (Phi) is 4.76. The van der Waals surface area contributed by atoms with Gasteiger partial charge in [0, 0.05) is 37.2 Å². The molecule has 1 atom stereocenters. The van der Waals surface area contributed by atoms with Crippen LogP contribution in [0.15, 0.2) is 4.52 Å². The second-order valence-electron chi connectivity index (χ2n) is 7.57. The summed E-state index contributed by atoms with van der Waals surface area (Å²) in [6, 6.07) is 0. The standard InChI is InChI=1S/C18H25N5O3/c1-11(2)8-15-19-17(26-22-15)12-4-3-6-23(9-12)18(24)16-13-10-25-7-5-14(13)20-21-16/h11-12H,3-10H2,1-2H3,(H,20,21)/t12-/m1/s1. The molecule has 4 rings (SSSR count). The summed E-state index contributed by atoms with van der Waals surface area (Å²) in [7, 11) is 0. The first-order valence-electron chi connectivity index (χ1n) is 9.37. The third kappa shape index (κ3) is 3.38. The van der Waals surface area contributed by atoms with E-state index in [1.54, 1.807) is 0 Å². The third-order valence-electron chi connectivity index (χ3n) is 5.03. The van der Waals surface area contributed by atoms with E-state index in [1.807, 2.05) is 4.90 Å². The van der Waals surface area contributed by atoms with E-state index in [-0.39, 0.29) is 11.8 Å². The zero-order valence-corrected chi connectivity index (χ0v) is 15.3. The zero-order valence-electron chi connectivity index (χ0n) is 15.3. The monoisotopic (exact) mass is 359 g/mol. The van der Waals surface area contributed by atoms with E-state index in [1.165, 1.54) is 0 Å². The first-order valence-corrected chi connectivity index (χ1v) is 9.37. The number of rotatable bonds is 4. The maximum absolute atomic E-state index is 13.0. The van der Waals surface area contributed by atoms with E-state index in [4.69, 9.17) is 9.26 Å². The summed E-state index contributed by atoms with van der Waals surface area (Å²) in [6.07, 6.45) is 3.45. The van der Waals surface area contributed by atoms with Crippen molar-refractivity contribution in [3.63, 3.8) is 0 Å². The van der Waals surface area contributed by atoms with Gasteiger partial charge in [-0.15, -0.1) is 0 Å². The Morgan fingerprint density at radius 3 is 3.15 bits per heavy atom. The van der Waals surface area contributed by atoms with Gasteiger partial charge in [-0.2, -0.15) is 10.1 Å². The van der Waals surface area contributed by atoms with E-state index in [0.29, 0.717) is 37.3 Å². The lowest BCUT2D eigenvalue weighted by Gasteiger charge is -2.30. The lowest BCUT2D eigenvalue weighted by atomic mass is 9.97. The Morgan fingerprint density at radius 1 is 1.42 bits per heavy atom. The highest BCUT2D eigenvalue weighted by Gasteiger charge is 2.32. The lowest BCUT2D eigenvalue weighted by molar-refractivity contribution is 0.0677. The van der Waals surface area contributed by atoms with Crippen molar-refractivity contribution >= 4 is 5.91 Å². The molecule has 1 fully saturated rings. The van der Waals surface area contributed by atoms with Crippen LogP contribution in [0.4, 0.5) is 0 Å². The molecule has 0 aromatic carbocycles. The number of piperidine rings is 1.